The van der Waals surface area contributed by atoms with E-state index in [1.807, 2.05) is 19.9 Å². The first-order valence-corrected chi connectivity index (χ1v) is 4.66. The fourth-order valence-electron chi connectivity index (χ4n) is 2.72. The molecule has 3 aliphatic heterocycles. The Hall–Kier alpha value is -1.16. The molecule has 0 amide bonds. The van der Waals surface area contributed by atoms with Crippen LogP contribution >= 0.6 is 0 Å². The number of hydrogen-bond donors (Lipinski definition) is 0. The maximum Gasteiger partial charge on any atom is 0.320 e. The molecule has 2 bridgehead atoms. The Morgan fingerprint density at radius 3 is 2.79 bits per heavy atom. The van der Waals surface area contributed by atoms with Gasteiger partial charge in [-0.1, -0.05) is 6.08 Å². The molecule has 0 aliphatic carbocycles. The number of cyclic esters (lactones) is 2. The molecule has 4 nitrogen and oxygen atoms in total. The van der Waals surface area contributed by atoms with Gasteiger partial charge in [0.05, 0.1) is 6.10 Å². The van der Waals surface area contributed by atoms with Crippen LogP contribution in [0.25, 0.3) is 0 Å². The maximum atomic E-state index is 11.5. The summed E-state index contributed by atoms with van der Waals surface area (Å²) in [6.07, 6.45) is 1.66. The zero-order chi connectivity index (χ0) is 10.1. The number of fused-ring (bicyclic) bond motifs is 5. The summed E-state index contributed by atoms with van der Waals surface area (Å²) in [6.45, 7) is 3.77. The smallest absolute Gasteiger partial charge is 0.320 e. The van der Waals surface area contributed by atoms with Crippen molar-refractivity contribution in [3.05, 3.63) is 11.6 Å². The molecule has 0 aromatic rings. The standard InChI is InChI=1S/C10H10O4/c1-4-3-5-6-7(10(4,2)14-5)9(12)13-8(6)11/h3,5-7H,1-2H3/t5-,6?,7?,10+/m1/s1. The van der Waals surface area contributed by atoms with E-state index in [4.69, 9.17) is 4.74 Å². The average Bonchev–Trinajstić information content (AvgIpc) is 2.62. The van der Waals surface area contributed by atoms with Crippen molar-refractivity contribution in [3.8, 4) is 0 Å². The van der Waals surface area contributed by atoms with Gasteiger partial charge in [0.15, 0.2) is 0 Å². The van der Waals surface area contributed by atoms with Crippen molar-refractivity contribution in [2.75, 3.05) is 0 Å². The molecule has 0 aromatic carbocycles. The van der Waals surface area contributed by atoms with Crippen molar-refractivity contribution in [3.63, 3.8) is 0 Å². The Bertz CT molecular complexity index is 384. The highest BCUT2D eigenvalue weighted by Crippen LogP contribution is 2.53. The van der Waals surface area contributed by atoms with Gasteiger partial charge in [-0.3, -0.25) is 9.59 Å². The minimum Gasteiger partial charge on any atom is -0.393 e. The van der Waals surface area contributed by atoms with E-state index in [1.54, 1.807) is 0 Å². The molecule has 2 unspecified atom stereocenters. The normalized spacial score (nSPS) is 49.3. The van der Waals surface area contributed by atoms with Crippen molar-refractivity contribution in [2.24, 2.45) is 11.8 Å². The molecule has 0 N–H and O–H groups in total. The zero-order valence-corrected chi connectivity index (χ0v) is 7.94. The first-order valence-electron chi connectivity index (χ1n) is 4.66. The molecular weight excluding hydrogens is 184 g/mol. The summed E-state index contributed by atoms with van der Waals surface area (Å²) in [6, 6.07) is 0. The highest BCUT2D eigenvalue weighted by Gasteiger charge is 2.66. The molecule has 0 saturated carbocycles. The maximum absolute atomic E-state index is 11.5. The summed E-state index contributed by atoms with van der Waals surface area (Å²) in [4.78, 5) is 22.8. The number of rotatable bonds is 0. The van der Waals surface area contributed by atoms with Gasteiger partial charge in [-0.25, -0.2) is 0 Å². The lowest BCUT2D eigenvalue weighted by atomic mass is 9.74. The van der Waals surface area contributed by atoms with Crippen molar-refractivity contribution < 1.29 is 19.1 Å². The van der Waals surface area contributed by atoms with Crippen LogP contribution in [0.5, 0.6) is 0 Å². The third kappa shape index (κ3) is 0.661. The van der Waals surface area contributed by atoms with Crippen LogP contribution in [-0.4, -0.2) is 23.6 Å². The zero-order valence-electron chi connectivity index (χ0n) is 7.94. The second-order valence-electron chi connectivity index (χ2n) is 4.28. The number of esters is 2. The number of carbonyl (C=O) groups excluding carboxylic acids is 2. The van der Waals surface area contributed by atoms with Gasteiger partial charge < -0.3 is 9.47 Å². The molecule has 14 heavy (non-hydrogen) atoms. The monoisotopic (exact) mass is 194 g/mol. The highest BCUT2D eigenvalue weighted by atomic mass is 16.6. The minimum absolute atomic E-state index is 0.260. The molecule has 0 spiro atoms. The molecule has 2 saturated heterocycles. The molecule has 0 radical (unpaired) electrons. The fraction of sp³-hybridized carbons (Fsp3) is 0.600. The van der Waals surface area contributed by atoms with Gasteiger partial charge in [0.1, 0.15) is 17.4 Å². The molecule has 3 heterocycles. The third-order valence-corrected chi connectivity index (χ3v) is 3.61. The minimum atomic E-state index is -0.613. The Balaban J connectivity index is 2.15. The van der Waals surface area contributed by atoms with Gasteiger partial charge >= 0.3 is 11.9 Å². The van der Waals surface area contributed by atoms with Gasteiger partial charge in [0.25, 0.3) is 0 Å². The van der Waals surface area contributed by atoms with Crippen molar-refractivity contribution in [1.29, 1.82) is 0 Å². The van der Waals surface area contributed by atoms with Crippen LogP contribution in [0.15, 0.2) is 11.6 Å². The average molecular weight is 194 g/mol. The van der Waals surface area contributed by atoms with E-state index >= 15 is 0 Å². The molecule has 74 valence electrons. The Morgan fingerprint density at radius 2 is 2.07 bits per heavy atom. The van der Waals surface area contributed by atoms with E-state index in [0.29, 0.717) is 0 Å². The van der Waals surface area contributed by atoms with Crippen LogP contribution in [0.2, 0.25) is 0 Å². The molecule has 4 atom stereocenters. The quantitative estimate of drug-likeness (QED) is 0.318. The molecular formula is C10H10O4. The Kier molecular flexibility index (Phi) is 1.22. The summed E-state index contributed by atoms with van der Waals surface area (Å²) in [5.74, 6) is -1.70. The van der Waals surface area contributed by atoms with Gasteiger partial charge in [0, 0.05) is 0 Å². The van der Waals surface area contributed by atoms with E-state index in [2.05, 4.69) is 4.74 Å². The third-order valence-electron chi connectivity index (χ3n) is 3.61. The number of ether oxygens (including phenoxy) is 2. The fourth-order valence-corrected chi connectivity index (χ4v) is 2.72. The second kappa shape index (κ2) is 2.08. The van der Waals surface area contributed by atoms with Gasteiger partial charge in [-0.15, -0.1) is 0 Å². The largest absolute Gasteiger partial charge is 0.393 e. The van der Waals surface area contributed by atoms with E-state index < -0.39 is 29.4 Å². The van der Waals surface area contributed by atoms with Crippen molar-refractivity contribution in [1.82, 2.24) is 0 Å². The van der Waals surface area contributed by atoms with Gasteiger partial charge in [-0.05, 0) is 19.4 Å². The number of carbonyl (C=O) groups is 2. The summed E-state index contributed by atoms with van der Waals surface area (Å²) in [7, 11) is 0. The first-order chi connectivity index (χ1) is 6.54. The lowest BCUT2D eigenvalue weighted by molar-refractivity contribution is -0.158. The van der Waals surface area contributed by atoms with Gasteiger partial charge in [0.2, 0.25) is 0 Å². The molecule has 4 heteroatoms. The summed E-state index contributed by atoms with van der Waals surface area (Å²) < 4.78 is 10.3. The van der Waals surface area contributed by atoms with Crippen LogP contribution in [0.3, 0.4) is 0 Å². The number of hydrogen-bond acceptors (Lipinski definition) is 4. The van der Waals surface area contributed by atoms with Crippen LogP contribution < -0.4 is 0 Å². The summed E-state index contributed by atoms with van der Waals surface area (Å²) >= 11 is 0. The van der Waals surface area contributed by atoms with Gasteiger partial charge in [-0.2, -0.15) is 0 Å². The lowest BCUT2D eigenvalue weighted by Gasteiger charge is -2.26. The summed E-state index contributed by atoms with van der Waals surface area (Å²) in [5.41, 5.74) is 0.411. The Morgan fingerprint density at radius 1 is 1.36 bits per heavy atom. The van der Waals surface area contributed by atoms with Crippen LogP contribution in [0.4, 0.5) is 0 Å². The Labute approximate surface area is 80.9 Å². The predicted molar refractivity (Wildman–Crippen MR) is 45.1 cm³/mol. The van der Waals surface area contributed by atoms with E-state index in [0.717, 1.165) is 5.57 Å². The topological polar surface area (TPSA) is 52.6 Å². The van der Waals surface area contributed by atoms with Crippen molar-refractivity contribution in [2.45, 2.75) is 25.6 Å². The highest BCUT2D eigenvalue weighted by molar-refractivity contribution is 5.99. The molecule has 0 aromatic heterocycles. The lowest BCUT2D eigenvalue weighted by Crippen LogP contribution is -2.37. The van der Waals surface area contributed by atoms with Crippen LogP contribution in [0, 0.1) is 11.8 Å². The van der Waals surface area contributed by atoms with Crippen LogP contribution in [0.1, 0.15) is 13.8 Å². The second-order valence-corrected chi connectivity index (χ2v) is 4.28. The van der Waals surface area contributed by atoms with Crippen molar-refractivity contribution >= 4 is 11.9 Å². The predicted octanol–water partition coefficient (Wildman–Crippen LogP) is 0.420. The molecule has 3 aliphatic rings. The van der Waals surface area contributed by atoms with E-state index in [1.165, 1.54) is 0 Å². The summed E-state index contributed by atoms with van der Waals surface area (Å²) in [5, 5.41) is 0. The molecule has 2 fully saturated rings. The first kappa shape index (κ1) is 8.17. The van der Waals surface area contributed by atoms with Crippen LogP contribution in [-0.2, 0) is 19.1 Å². The SMILES string of the molecule is CC1=C[C@H]2O[C@]1(C)C1C(=O)OC(=O)C12. The van der Waals surface area contributed by atoms with E-state index in [9.17, 15) is 9.59 Å². The molecule has 3 rings (SSSR count). The van der Waals surface area contributed by atoms with E-state index in [-0.39, 0.29) is 6.10 Å².